The maximum Gasteiger partial charge on any atom is 0.327 e. The summed E-state index contributed by atoms with van der Waals surface area (Å²) in [6.07, 6.45) is 14.0. The number of amides is 1. The van der Waals surface area contributed by atoms with E-state index in [0.717, 1.165) is 64.3 Å². The molecule has 0 radical (unpaired) electrons. The molecular weight excluding hydrogens is 332 g/mol. The number of carbonyl (C=O) groups excluding carboxylic acids is 3. The zero-order valence-corrected chi connectivity index (χ0v) is 16.5. The van der Waals surface area contributed by atoms with Gasteiger partial charge in [-0.3, -0.25) is 14.4 Å². The normalized spacial score (nSPS) is 10.5. The minimum Gasteiger partial charge on any atom is -0.392 e. The number of ether oxygens (including phenoxy) is 1. The van der Waals surface area contributed by atoms with E-state index in [0.29, 0.717) is 6.42 Å². The number of nitrogens with two attached hydrogens (primary N) is 1. The molecule has 0 aliphatic carbocycles. The van der Waals surface area contributed by atoms with E-state index in [2.05, 4.69) is 17.0 Å². The number of hydrogen-bond acceptors (Lipinski definition) is 5. The van der Waals surface area contributed by atoms with Gasteiger partial charge >= 0.3 is 11.9 Å². The fraction of sp³-hybridized carbons (Fsp3) is 0.850. The predicted octanol–water partition coefficient (Wildman–Crippen LogP) is 3.61. The molecule has 26 heavy (non-hydrogen) atoms. The number of rotatable bonds is 17. The van der Waals surface area contributed by atoms with Crippen LogP contribution in [0.15, 0.2) is 0 Å². The lowest BCUT2D eigenvalue weighted by atomic mass is 10.1. The first-order valence-electron chi connectivity index (χ1n) is 10.3. The SMILES string of the molecule is CCCCCCNC(=O)CCCCCCCCCCC(=O)OC(=O)CN. The third-order valence-corrected chi connectivity index (χ3v) is 4.28. The van der Waals surface area contributed by atoms with Crippen LogP contribution in [0.3, 0.4) is 0 Å². The van der Waals surface area contributed by atoms with Crippen LogP contribution in [0.2, 0.25) is 0 Å². The number of nitrogens with one attached hydrogen (secondary N) is 1. The summed E-state index contributed by atoms with van der Waals surface area (Å²) in [4.78, 5) is 33.7. The smallest absolute Gasteiger partial charge is 0.327 e. The lowest BCUT2D eigenvalue weighted by Crippen LogP contribution is -2.23. The van der Waals surface area contributed by atoms with E-state index in [1.807, 2.05) is 0 Å². The highest BCUT2D eigenvalue weighted by Gasteiger charge is 2.07. The monoisotopic (exact) mass is 370 g/mol. The Hall–Kier alpha value is -1.43. The molecule has 6 nitrogen and oxygen atoms in total. The second kappa shape index (κ2) is 18.4. The van der Waals surface area contributed by atoms with Gasteiger partial charge in [-0.25, -0.2) is 0 Å². The molecule has 3 N–H and O–H groups in total. The van der Waals surface area contributed by atoms with Crippen molar-refractivity contribution in [1.29, 1.82) is 0 Å². The maximum atomic E-state index is 11.6. The highest BCUT2D eigenvalue weighted by atomic mass is 16.6. The minimum atomic E-state index is -0.667. The van der Waals surface area contributed by atoms with E-state index in [1.54, 1.807) is 0 Å². The summed E-state index contributed by atoms with van der Waals surface area (Å²) in [5, 5.41) is 2.99. The molecule has 0 aliphatic rings. The van der Waals surface area contributed by atoms with Crippen LogP contribution in [-0.2, 0) is 19.1 Å². The van der Waals surface area contributed by atoms with Crippen LogP contribution in [0.1, 0.15) is 96.8 Å². The second-order valence-electron chi connectivity index (χ2n) is 6.79. The summed E-state index contributed by atoms with van der Waals surface area (Å²) >= 11 is 0. The molecule has 0 aliphatic heterocycles. The molecule has 152 valence electrons. The summed E-state index contributed by atoms with van der Waals surface area (Å²) in [6, 6.07) is 0. The van der Waals surface area contributed by atoms with Crippen LogP contribution >= 0.6 is 0 Å². The Kier molecular flexibility index (Phi) is 17.4. The zero-order chi connectivity index (χ0) is 19.5. The third-order valence-electron chi connectivity index (χ3n) is 4.28. The summed E-state index contributed by atoms with van der Waals surface area (Å²) in [7, 11) is 0. The molecule has 0 aromatic rings. The number of carbonyl (C=O) groups is 3. The van der Waals surface area contributed by atoms with Crippen LogP contribution in [-0.4, -0.2) is 30.9 Å². The van der Waals surface area contributed by atoms with Crippen LogP contribution in [0.25, 0.3) is 0 Å². The highest BCUT2D eigenvalue weighted by Crippen LogP contribution is 2.11. The Morgan fingerprint density at radius 3 is 1.85 bits per heavy atom. The molecule has 0 fully saturated rings. The van der Waals surface area contributed by atoms with Gasteiger partial charge in [0, 0.05) is 19.4 Å². The van der Waals surface area contributed by atoms with Crippen molar-refractivity contribution in [3.8, 4) is 0 Å². The fourth-order valence-electron chi connectivity index (χ4n) is 2.70. The van der Waals surface area contributed by atoms with Crippen LogP contribution in [0.4, 0.5) is 0 Å². The first kappa shape index (κ1) is 24.6. The Morgan fingerprint density at radius 1 is 0.731 bits per heavy atom. The number of unbranched alkanes of at least 4 members (excludes halogenated alkanes) is 10. The molecule has 0 aromatic heterocycles. The van der Waals surface area contributed by atoms with E-state index in [9.17, 15) is 14.4 Å². The van der Waals surface area contributed by atoms with Crippen LogP contribution < -0.4 is 11.1 Å². The molecular formula is C20H38N2O4. The molecule has 0 rings (SSSR count). The lowest BCUT2D eigenvalue weighted by Gasteiger charge is -2.05. The van der Waals surface area contributed by atoms with Crippen LogP contribution in [0, 0.1) is 0 Å². The molecule has 0 spiro atoms. The lowest BCUT2D eigenvalue weighted by molar-refractivity contribution is -0.158. The van der Waals surface area contributed by atoms with E-state index < -0.39 is 11.9 Å². The van der Waals surface area contributed by atoms with Crippen molar-refractivity contribution in [2.45, 2.75) is 96.8 Å². The van der Waals surface area contributed by atoms with Crippen molar-refractivity contribution in [2.24, 2.45) is 5.73 Å². The molecule has 0 aromatic carbocycles. The summed E-state index contributed by atoms with van der Waals surface area (Å²) in [6.45, 7) is 2.74. The van der Waals surface area contributed by atoms with Crippen LogP contribution in [0.5, 0.6) is 0 Å². The van der Waals surface area contributed by atoms with Gasteiger partial charge in [0.1, 0.15) is 0 Å². The average Bonchev–Trinajstić information content (AvgIpc) is 2.62. The highest BCUT2D eigenvalue weighted by molar-refractivity contribution is 5.86. The summed E-state index contributed by atoms with van der Waals surface area (Å²) in [5.41, 5.74) is 5.07. The fourth-order valence-corrected chi connectivity index (χ4v) is 2.70. The third kappa shape index (κ3) is 17.4. The van der Waals surface area contributed by atoms with Crippen molar-refractivity contribution < 1.29 is 19.1 Å². The molecule has 1 amide bonds. The van der Waals surface area contributed by atoms with Gasteiger partial charge < -0.3 is 15.8 Å². The maximum absolute atomic E-state index is 11.6. The van der Waals surface area contributed by atoms with Gasteiger partial charge in [-0.2, -0.15) is 0 Å². The largest absolute Gasteiger partial charge is 0.392 e. The first-order chi connectivity index (χ1) is 12.6. The molecule has 0 bridgehead atoms. The quantitative estimate of drug-likeness (QED) is 0.231. The minimum absolute atomic E-state index is 0.182. The summed E-state index contributed by atoms with van der Waals surface area (Å²) < 4.78 is 4.50. The Bertz CT molecular complexity index is 386. The van der Waals surface area contributed by atoms with Crippen molar-refractivity contribution >= 4 is 17.8 Å². The van der Waals surface area contributed by atoms with Gasteiger partial charge in [-0.05, 0) is 19.3 Å². The van der Waals surface area contributed by atoms with Gasteiger partial charge in [-0.1, -0.05) is 64.7 Å². The van der Waals surface area contributed by atoms with Gasteiger partial charge in [0.05, 0.1) is 6.54 Å². The summed E-state index contributed by atoms with van der Waals surface area (Å²) in [5.74, 6) is -0.967. The second-order valence-corrected chi connectivity index (χ2v) is 6.79. The number of esters is 2. The molecule has 0 saturated carbocycles. The van der Waals surface area contributed by atoms with E-state index in [-0.39, 0.29) is 18.9 Å². The van der Waals surface area contributed by atoms with E-state index in [1.165, 1.54) is 19.3 Å². The Morgan fingerprint density at radius 2 is 1.27 bits per heavy atom. The van der Waals surface area contributed by atoms with Crippen molar-refractivity contribution in [2.75, 3.05) is 13.1 Å². The van der Waals surface area contributed by atoms with Gasteiger partial charge in [-0.15, -0.1) is 0 Å². The van der Waals surface area contributed by atoms with Crippen molar-refractivity contribution in [1.82, 2.24) is 5.32 Å². The molecule has 0 atom stereocenters. The van der Waals surface area contributed by atoms with Gasteiger partial charge in [0.25, 0.3) is 0 Å². The topological polar surface area (TPSA) is 98.5 Å². The number of hydrogen-bond donors (Lipinski definition) is 2. The molecule has 0 heterocycles. The molecule has 0 unspecified atom stereocenters. The average molecular weight is 371 g/mol. The van der Waals surface area contributed by atoms with Gasteiger partial charge in [0.2, 0.25) is 5.91 Å². The Balaban J connectivity index is 3.27. The van der Waals surface area contributed by atoms with E-state index in [4.69, 9.17) is 5.73 Å². The van der Waals surface area contributed by atoms with Gasteiger partial charge in [0.15, 0.2) is 0 Å². The zero-order valence-electron chi connectivity index (χ0n) is 16.5. The van der Waals surface area contributed by atoms with E-state index >= 15 is 0 Å². The first-order valence-corrected chi connectivity index (χ1v) is 10.3. The standard InChI is InChI=1S/C20H38N2O4/c1-2-3-4-13-16-22-18(23)14-11-9-7-5-6-8-10-12-15-19(24)26-20(25)17-21/h2-17,21H2,1H3,(H,22,23). The molecule has 0 saturated heterocycles. The molecule has 6 heteroatoms. The predicted molar refractivity (Wildman–Crippen MR) is 103 cm³/mol. The van der Waals surface area contributed by atoms with Crippen molar-refractivity contribution in [3.63, 3.8) is 0 Å². The van der Waals surface area contributed by atoms with Crippen molar-refractivity contribution in [3.05, 3.63) is 0 Å². The Labute approximate surface area is 158 Å².